The molecule has 166 valence electrons. The van der Waals surface area contributed by atoms with Gasteiger partial charge in [0, 0.05) is 31.7 Å². The van der Waals surface area contributed by atoms with Crippen LogP contribution in [-0.4, -0.2) is 65.6 Å². The fraction of sp³-hybridized carbons (Fsp3) is 0.333. The number of hydrazine groups is 1. The van der Waals surface area contributed by atoms with Gasteiger partial charge in [0.15, 0.2) is 0 Å². The van der Waals surface area contributed by atoms with Gasteiger partial charge in [-0.2, -0.15) is 0 Å². The number of carbonyl (C=O) groups is 3. The van der Waals surface area contributed by atoms with E-state index in [1.165, 1.54) is 10.6 Å². The van der Waals surface area contributed by atoms with Crippen LogP contribution in [0.4, 0.5) is 5.69 Å². The number of benzene rings is 2. The highest BCUT2D eigenvalue weighted by molar-refractivity contribution is 6.39. The molecule has 0 bridgehead atoms. The van der Waals surface area contributed by atoms with E-state index < -0.39 is 6.04 Å². The molecule has 2 aliphatic rings. The number of anilines is 1. The highest BCUT2D eigenvalue weighted by atomic mass is 16.2. The maximum Gasteiger partial charge on any atom is 0.290 e. The second kappa shape index (κ2) is 9.21. The molecule has 1 N–H and O–H groups in total. The molecule has 2 aromatic carbocycles. The summed E-state index contributed by atoms with van der Waals surface area (Å²) < 4.78 is 0. The summed E-state index contributed by atoms with van der Waals surface area (Å²) in [5, 5.41) is 1.37. The standard InChI is InChI=1S/C24H27N5O3/c1-3-18-9-11-19(12-10-18)23(31)27-13-15-28(16-14-27)24(32)21-25-17(2)22(30)29(26-21)20-7-5-4-6-8-20/h4-12,17H,3,13-16H2,1-2H3,(H,25,26). The van der Waals surface area contributed by atoms with Crippen LogP contribution in [0.15, 0.2) is 59.6 Å². The molecular formula is C24H27N5O3. The number of piperazine rings is 1. The van der Waals surface area contributed by atoms with E-state index in [0.717, 1.165) is 6.42 Å². The van der Waals surface area contributed by atoms with Crippen molar-refractivity contribution in [2.45, 2.75) is 26.3 Å². The molecule has 0 saturated carbocycles. The SMILES string of the molecule is CCc1ccc(C(=O)N2CCN(C(=O)C3=NC(C)C(=O)N(c4ccccc4)N3)CC2)cc1. The van der Waals surface area contributed by atoms with Gasteiger partial charge in [-0.05, 0) is 43.2 Å². The Kier molecular flexibility index (Phi) is 6.20. The molecule has 1 unspecified atom stereocenters. The Morgan fingerprint density at radius 2 is 1.53 bits per heavy atom. The zero-order valence-corrected chi connectivity index (χ0v) is 18.3. The maximum atomic E-state index is 13.1. The molecule has 32 heavy (non-hydrogen) atoms. The Bertz CT molecular complexity index is 1030. The van der Waals surface area contributed by atoms with Crippen molar-refractivity contribution in [1.82, 2.24) is 15.2 Å². The topological polar surface area (TPSA) is 85.3 Å². The third-order valence-corrected chi connectivity index (χ3v) is 5.80. The van der Waals surface area contributed by atoms with Gasteiger partial charge in [-0.3, -0.25) is 19.8 Å². The lowest BCUT2D eigenvalue weighted by Crippen LogP contribution is -2.60. The van der Waals surface area contributed by atoms with Gasteiger partial charge in [-0.25, -0.2) is 10.0 Å². The van der Waals surface area contributed by atoms with Crippen LogP contribution in [0.3, 0.4) is 0 Å². The Hall–Kier alpha value is -3.68. The number of carbonyl (C=O) groups excluding carboxylic acids is 3. The first-order chi connectivity index (χ1) is 15.5. The van der Waals surface area contributed by atoms with E-state index in [-0.39, 0.29) is 23.6 Å². The molecule has 0 aromatic heterocycles. The first-order valence-corrected chi connectivity index (χ1v) is 10.9. The van der Waals surface area contributed by atoms with Crippen LogP contribution in [0.2, 0.25) is 0 Å². The van der Waals surface area contributed by atoms with Gasteiger partial charge in [-0.1, -0.05) is 37.3 Å². The third kappa shape index (κ3) is 4.34. The molecule has 4 rings (SSSR count). The molecule has 8 nitrogen and oxygen atoms in total. The zero-order chi connectivity index (χ0) is 22.7. The van der Waals surface area contributed by atoms with Crippen molar-refractivity contribution in [1.29, 1.82) is 0 Å². The fourth-order valence-corrected chi connectivity index (χ4v) is 3.83. The monoisotopic (exact) mass is 433 g/mol. The minimum Gasteiger partial charge on any atom is -0.335 e. The van der Waals surface area contributed by atoms with Crippen LogP contribution >= 0.6 is 0 Å². The summed E-state index contributed by atoms with van der Waals surface area (Å²) in [6, 6.07) is 16.1. The lowest BCUT2D eigenvalue weighted by molar-refractivity contribution is -0.126. The summed E-state index contributed by atoms with van der Waals surface area (Å²) >= 11 is 0. The molecule has 0 radical (unpaired) electrons. The Morgan fingerprint density at radius 3 is 2.12 bits per heavy atom. The lowest BCUT2D eigenvalue weighted by atomic mass is 10.1. The van der Waals surface area contributed by atoms with Gasteiger partial charge in [-0.15, -0.1) is 0 Å². The highest BCUT2D eigenvalue weighted by Crippen LogP contribution is 2.17. The average Bonchev–Trinajstić information content (AvgIpc) is 2.85. The second-order valence-corrected chi connectivity index (χ2v) is 7.91. The summed E-state index contributed by atoms with van der Waals surface area (Å²) in [5.74, 6) is -0.389. The Balaban J connectivity index is 1.40. The first kappa shape index (κ1) is 21.5. The lowest BCUT2D eigenvalue weighted by Gasteiger charge is -2.37. The van der Waals surface area contributed by atoms with Crippen LogP contribution in [0.5, 0.6) is 0 Å². The number of amides is 3. The number of para-hydroxylation sites is 1. The third-order valence-electron chi connectivity index (χ3n) is 5.80. The van der Waals surface area contributed by atoms with E-state index in [9.17, 15) is 14.4 Å². The summed E-state index contributed by atoms with van der Waals surface area (Å²) in [5.41, 5.74) is 5.38. The summed E-state index contributed by atoms with van der Waals surface area (Å²) in [7, 11) is 0. The molecule has 1 atom stereocenters. The van der Waals surface area contributed by atoms with Crippen molar-refractivity contribution in [2.24, 2.45) is 4.99 Å². The maximum absolute atomic E-state index is 13.1. The van der Waals surface area contributed by atoms with E-state index >= 15 is 0 Å². The van der Waals surface area contributed by atoms with Crippen molar-refractivity contribution in [2.75, 3.05) is 31.2 Å². The van der Waals surface area contributed by atoms with Crippen molar-refractivity contribution in [3.05, 3.63) is 65.7 Å². The van der Waals surface area contributed by atoms with Gasteiger partial charge in [0.25, 0.3) is 17.7 Å². The minimum absolute atomic E-state index is 0.0256. The van der Waals surface area contributed by atoms with Gasteiger partial charge in [0.2, 0.25) is 5.84 Å². The molecule has 0 spiro atoms. The largest absolute Gasteiger partial charge is 0.335 e. The number of hydrogen-bond acceptors (Lipinski definition) is 5. The van der Waals surface area contributed by atoms with Crippen molar-refractivity contribution in [3.8, 4) is 0 Å². The summed E-state index contributed by atoms with van der Waals surface area (Å²) in [4.78, 5) is 46.1. The number of aliphatic imine (C=N–C) groups is 1. The number of nitrogens with one attached hydrogen (secondary N) is 1. The summed E-state index contributed by atoms with van der Waals surface area (Å²) in [6.07, 6.45) is 0.930. The fourth-order valence-electron chi connectivity index (χ4n) is 3.83. The van der Waals surface area contributed by atoms with Gasteiger partial charge in [0.1, 0.15) is 6.04 Å². The molecule has 1 fully saturated rings. The minimum atomic E-state index is -0.663. The van der Waals surface area contributed by atoms with Gasteiger partial charge >= 0.3 is 0 Å². The number of aryl methyl sites for hydroxylation is 1. The van der Waals surface area contributed by atoms with E-state index in [4.69, 9.17) is 0 Å². The van der Waals surface area contributed by atoms with Crippen LogP contribution in [-0.2, 0) is 16.0 Å². The zero-order valence-electron chi connectivity index (χ0n) is 18.3. The normalized spacial score (nSPS) is 18.8. The van der Waals surface area contributed by atoms with Crippen molar-refractivity contribution in [3.63, 3.8) is 0 Å². The second-order valence-electron chi connectivity index (χ2n) is 7.91. The Morgan fingerprint density at radius 1 is 0.938 bits per heavy atom. The summed E-state index contributed by atoms with van der Waals surface area (Å²) in [6.45, 7) is 5.47. The van der Waals surface area contributed by atoms with Gasteiger partial charge in [0.05, 0.1) is 5.69 Å². The molecule has 2 aromatic rings. The molecule has 0 aliphatic carbocycles. The number of nitrogens with zero attached hydrogens (tertiary/aromatic N) is 4. The van der Waals surface area contributed by atoms with E-state index in [0.29, 0.717) is 37.4 Å². The van der Waals surface area contributed by atoms with E-state index in [1.807, 2.05) is 42.5 Å². The average molecular weight is 434 g/mol. The number of hydrogen-bond donors (Lipinski definition) is 1. The molecule has 2 aliphatic heterocycles. The highest BCUT2D eigenvalue weighted by Gasteiger charge is 2.34. The smallest absolute Gasteiger partial charge is 0.290 e. The van der Waals surface area contributed by atoms with Crippen molar-refractivity contribution < 1.29 is 14.4 Å². The number of amidine groups is 1. The first-order valence-electron chi connectivity index (χ1n) is 10.9. The predicted molar refractivity (Wildman–Crippen MR) is 122 cm³/mol. The number of rotatable bonds is 4. The van der Waals surface area contributed by atoms with Crippen LogP contribution in [0.1, 0.15) is 29.8 Å². The molecule has 3 amide bonds. The molecule has 2 heterocycles. The quantitative estimate of drug-likeness (QED) is 0.798. The molecule has 8 heteroatoms. The van der Waals surface area contributed by atoms with Crippen LogP contribution in [0, 0.1) is 0 Å². The molecule has 1 saturated heterocycles. The Labute approximate surface area is 187 Å². The van der Waals surface area contributed by atoms with Crippen LogP contribution < -0.4 is 10.4 Å². The van der Waals surface area contributed by atoms with Gasteiger partial charge < -0.3 is 9.80 Å². The van der Waals surface area contributed by atoms with Crippen molar-refractivity contribution >= 4 is 29.2 Å². The van der Waals surface area contributed by atoms with E-state index in [2.05, 4.69) is 17.3 Å². The predicted octanol–water partition coefficient (Wildman–Crippen LogP) is 1.87. The molecular weight excluding hydrogens is 406 g/mol. The van der Waals surface area contributed by atoms with Crippen LogP contribution in [0.25, 0.3) is 0 Å². The van der Waals surface area contributed by atoms with E-state index in [1.54, 1.807) is 28.9 Å².